The second kappa shape index (κ2) is 8.78. The molecular weight excluding hydrogens is 432 g/mol. The highest BCUT2D eigenvalue weighted by molar-refractivity contribution is 8.18. The summed E-state index contributed by atoms with van der Waals surface area (Å²) in [5, 5.41) is 4.90. The number of urea groups is 1. The van der Waals surface area contributed by atoms with Crippen molar-refractivity contribution >= 4 is 46.8 Å². The van der Waals surface area contributed by atoms with Crippen molar-refractivity contribution in [2.75, 3.05) is 19.6 Å². The zero-order valence-corrected chi connectivity index (χ0v) is 18.5. The lowest BCUT2D eigenvalue weighted by atomic mass is 9.98. The number of nitrogens with one attached hydrogen (secondary N) is 2. The highest BCUT2D eigenvalue weighted by atomic mass is 32.2. The molecule has 2 heterocycles. The smallest absolute Gasteiger partial charge is 0.325 e. The van der Waals surface area contributed by atoms with E-state index in [0.29, 0.717) is 17.7 Å². The van der Waals surface area contributed by atoms with Gasteiger partial charge in [-0.05, 0) is 43.2 Å². The van der Waals surface area contributed by atoms with Crippen molar-refractivity contribution in [3.8, 4) is 0 Å². The van der Waals surface area contributed by atoms with E-state index in [1.165, 1.54) is 0 Å². The fourth-order valence-electron chi connectivity index (χ4n) is 4.15. The number of hydrogen-bond donors (Lipinski definition) is 2. The lowest BCUT2D eigenvalue weighted by Gasteiger charge is -2.20. The molecule has 3 aliphatic rings. The van der Waals surface area contributed by atoms with Crippen molar-refractivity contribution in [3.63, 3.8) is 0 Å². The number of hydrogen-bond acceptors (Lipinski definition) is 6. The summed E-state index contributed by atoms with van der Waals surface area (Å²) >= 11 is 0.857. The third-order valence-electron chi connectivity index (χ3n) is 5.91. The Hall–Kier alpha value is -3.14. The zero-order chi connectivity index (χ0) is 22.9. The van der Waals surface area contributed by atoms with E-state index in [2.05, 4.69) is 10.6 Å². The van der Waals surface area contributed by atoms with Crippen LogP contribution in [0.2, 0.25) is 0 Å². The van der Waals surface area contributed by atoms with Gasteiger partial charge in [0.15, 0.2) is 0 Å². The lowest BCUT2D eigenvalue weighted by Crippen LogP contribution is -2.46. The van der Waals surface area contributed by atoms with Gasteiger partial charge in [0.1, 0.15) is 12.1 Å². The number of nitrogens with zero attached hydrogens (tertiary/aromatic N) is 2. The predicted octanol–water partition coefficient (Wildman–Crippen LogP) is 2.01. The van der Waals surface area contributed by atoms with Crippen molar-refractivity contribution in [1.29, 1.82) is 0 Å². The molecule has 1 aromatic carbocycles. The maximum absolute atomic E-state index is 12.6. The fraction of sp³-hybridized carbons (Fsp3) is 0.409. The number of benzene rings is 1. The first-order chi connectivity index (χ1) is 15.3. The minimum Gasteiger partial charge on any atom is -0.353 e. The molecule has 9 nitrogen and oxygen atoms in total. The number of carbonyl (C=O) groups excluding carboxylic acids is 5. The Labute approximate surface area is 189 Å². The molecule has 0 bridgehead atoms. The van der Waals surface area contributed by atoms with Crippen LogP contribution in [0.3, 0.4) is 0 Å². The summed E-state index contributed by atoms with van der Waals surface area (Å²) in [6.07, 6.45) is 4.57. The summed E-state index contributed by atoms with van der Waals surface area (Å²) < 4.78 is 0. The van der Waals surface area contributed by atoms with Gasteiger partial charge in [-0.1, -0.05) is 42.7 Å². The standard InChI is InChI=1S/C22H24N4O5S/c1-14-4-6-15(7-5-14)12-16-18(28)25(21(31)32-16)11-10-23-17(27)13-26-19(29)22(24-20(26)30)8-2-3-9-22/h4-7,12H,2-3,8-11,13H2,1H3,(H,23,27)(H,24,30)/b16-12+. The molecule has 0 atom stereocenters. The highest BCUT2D eigenvalue weighted by Crippen LogP contribution is 2.35. The van der Waals surface area contributed by atoms with Crippen molar-refractivity contribution in [1.82, 2.24) is 20.4 Å². The Morgan fingerprint density at radius 2 is 1.81 bits per heavy atom. The number of aryl methyl sites for hydroxylation is 1. The van der Waals surface area contributed by atoms with Crippen LogP contribution >= 0.6 is 11.8 Å². The van der Waals surface area contributed by atoms with Crippen LogP contribution in [0.5, 0.6) is 0 Å². The third-order valence-corrected chi connectivity index (χ3v) is 6.82. The Morgan fingerprint density at radius 3 is 2.50 bits per heavy atom. The Balaban J connectivity index is 1.28. The number of carbonyl (C=O) groups is 5. The average Bonchev–Trinajstić information content (AvgIpc) is 3.39. The molecule has 0 unspecified atom stereocenters. The number of amides is 6. The summed E-state index contributed by atoms with van der Waals surface area (Å²) in [5.74, 6) is -1.29. The second-order valence-electron chi connectivity index (χ2n) is 8.20. The highest BCUT2D eigenvalue weighted by Gasteiger charge is 2.52. The van der Waals surface area contributed by atoms with Gasteiger partial charge >= 0.3 is 6.03 Å². The maximum atomic E-state index is 12.6. The van der Waals surface area contributed by atoms with Crippen LogP contribution in [0.25, 0.3) is 6.08 Å². The molecule has 1 aromatic rings. The molecule has 1 spiro atoms. The number of thioether (sulfide) groups is 1. The molecule has 1 aliphatic carbocycles. The molecule has 3 fully saturated rings. The molecule has 2 N–H and O–H groups in total. The van der Waals surface area contributed by atoms with Crippen molar-refractivity contribution in [3.05, 3.63) is 40.3 Å². The van der Waals surface area contributed by atoms with Crippen LogP contribution in [0.1, 0.15) is 36.8 Å². The van der Waals surface area contributed by atoms with E-state index in [0.717, 1.165) is 45.5 Å². The predicted molar refractivity (Wildman–Crippen MR) is 118 cm³/mol. The average molecular weight is 457 g/mol. The largest absolute Gasteiger partial charge is 0.353 e. The molecule has 10 heteroatoms. The molecule has 32 heavy (non-hydrogen) atoms. The van der Waals surface area contributed by atoms with Gasteiger partial charge in [-0.2, -0.15) is 0 Å². The minimum atomic E-state index is -0.858. The van der Waals surface area contributed by atoms with E-state index in [4.69, 9.17) is 0 Å². The van der Waals surface area contributed by atoms with E-state index in [9.17, 15) is 24.0 Å². The normalized spacial score (nSPS) is 21.2. The van der Waals surface area contributed by atoms with Gasteiger partial charge in [0.2, 0.25) is 5.91 Å². The molecule has 2 aliphatic heterocycles. The van der Waals surface area contributed by atoms with Gasteiger partial charge in [-0.15, -0.1) is 0 Å². The van der Waals surface area contributed by atoms with Crippen LogP contribution in [-0.4, -0.2) is 64.0 Å². The molecule has 2 saturated heterocycles. The summed E-state index contributed by atoms with van der Waals surface area (Å²) in [6, 6.07) is 7.03. The van der Waals surface area contributed by atoms with Gasteiger partial charge in [0.05, 0.1) is 4.91 Å². The Morgan fingerprint density at radius 1 is 1.12 bits per heavy atom. The second-order valence-corrected chi connectivity index (χ2v) is 9.20. The van der Waals surface area contributed by atoms with Crippen LogP contribution in [0, 0.1) is 6.92 Å². The molecule has 168 valence electrons. The lowest BCUT2D eigenvalue weighted by molar-refractivity contribution is -0.134. The van der Waals surface area contributed by atoms with Crippen molar-refractivity contribution in [2.24, 2.45) is 0 Å². The van der Waals surface area contributed by atoms with Crippen LogP contribution < -0.4 is 10.6 Å². The van der Waals surface area contributed by atoms with Gasteiger partial charge in [-0.25, -0.2) is 4.79 Å². The number of imide groups is 2. The molecule has 6 amide bonds. The maximum Gasteiger partial charge on any atom is 0.325 e. The van der Waals surface area contributed by atoms with Crippen LogP contribution in [0.15, 0.2) is 29.2 Å². The third kappa shape index (κ3) is 4.27. The molecule has 1 saturated carbocycles. The van der Waals surface area contributed by atoms with E-state index in [1.807, 2.05) is 31.2 Å². The van der Waals surface area contributed by atoms with Crippen molar-refractivity contribution in [2.45, 2.75) is 38.1 Å². The quantitative estimate of drug-likeness (QED) is 0.500. The topological polar surface area (TPSA) is 116 Å². The SMILES string of the molecule is Cc1ccc(/C=C2/SC(=O)N(CCNC(=O)CN3C(=O)NC4(CCCC4)C3=O)C2=O)cc1. The Kier molecular flexibility index (Phi) is 6.05. The van der Waals surface area contributed by atoms with Crippen molar-refractivity contribution < 1.29 is 24.0 Å². The number of rotatable bonds is 6. The summed E-state index contributed by atoms with van der Waals surface area (Å²) in [4.78, 5) is 64.2. The summed E-state index contributed by atoms with van der Waals surface area (Å²) in [5.41, 5.74) is 1.06. The minimum absolute atomic E-state index is 0.00568. The first-order valence-electron chi connectivity index (χ1n) is 10.5. The Bertz CT molecular complexity index is 1010. The summed E-state index contributed by atoms with van der Waals surface area (Å²) in [7, 11) is 0. The van der Waals surface area contributed by atoms with E-state index in [1.54, 1.807) is 6.08 Å². The molecule has 4 rings (SSSR count). The summed E-state index contributed by atoms with van der Waals surface area (Å²) in [6.45, 7) is 1.61. The van der Waals surface area contributed by atoms with Gasteiger partial charge in [0, 0.05) is 13.1 Å². The molecule has 0 radical (unpaired) electrons. The van der Waals surface area contributed by atoms with E-state index >= 15 is 0 Å². The van der Waals surface area contributed by atoms with E-state index in [-0.39, 0.29) is 25.5 Å². The zero-order valence-electron chi connectivity index (χ0n) is 17.7. The molecular formula is C22H24N4O5S. The first kappa shape index (κ1) is 22.1. The van der Waals surface area contributed by atoms with Crippen LogP contribution in [0.4, 0.5) is 9.59 Å². The molecule has 0 aromatic heterocycles. The van der Waals surface area contributed by atoms with Gasteiger partial charge in [-0.3, -0.25) is 29.0 Å². The van der Waals surface area contributed by atoms with Gasteiger partial charge in [0.25, 0.3) is 17.1 Å². The first-order valence-corrected chi connectivity index (χ1v) is 11.3. The fourth-order valence-corrected chi connectivity index (χ4v) is 5.02. The van der Waals surface area contributed by atoms with Crippen LogP contribution in [-0.2, 0) is 14.4 Å². The van der Waals surface area contributed by atoms with Gasteiger partial charge < -0.3 is 10.6 Å². The van der Waals surface area contributed by atoms with E-state index < -0.39 is 28.6 Å². The monoisotopic (exact) mass is 456 g/mol.